The highest BCUT2D eigenvalue weighted by atomic mass is 32.2. The Kier molecular flexibility index (Phi) is 5.59. The Morgan fingerprint density at radius 3 is 2.59 bits per heavy atom. The summed E-state index contributed by atoms with van der Waals surface area (Å²) in [5.41, 5.74) is 1.03. The topological polar surface area (TPSA) is 98.4 Å². The van der Waals surface area contributed by atoms with E-state index >= 15 is 0 Å². The molecule has 2 heterocycles. The Morgan fingerprint density at radius 2 is 1.96 bits per heavy atom. The number of halogens is 1. The van der Waals surface area contributed by atoms with Gasteiger partial charge in [0.2, 0.25) is 0 Å². The number of nitrogens with zero attached hydrogens (tertiary/aromatic N) is 3. The van der Waals surface area contributed by atoms with Gasteiger partial charge in [0.05, 0.1) is 5.69 Å². The van der Waals surface area contributed by atoms with Crippen LogP contribution in [0.2, 0.25) is 0 Å². The maximum absolute atomic E-state index is 13.7. The molecule has 0 spiro atoms. The molecule has 146 valence electrons. The number of piperidine rings is 1. The van der Waals surface area contributed by atoms with E-state index in [2.05, 4.69) is 15.5 Å². The van der Waals surface area contributed by atoms with Crippen molar-refractivity contribution >= 4 is 21.8 Å². The van der Waals surface area contributed by atoms with Gasteiger partial charge in [-0.2, -0.15) is 22.1 Å². The molecule has 1 saturated heterocycles. The molecule has 1 aromatic heterocycles. The van der Waals surface area contributed by atoms with Gasteiger partial charge in [-0.25, -0.2) is 4.39 Å². The van der Waals surface area contributed by atoms with E-state index in [9.17, 15) is 17.6 Å². The lowest BCUT2D eigenvalue weighted by Gasteiger charge is -2.32. The molecule has 1 aliphatic rings. The number of para-hydroxylation sites is 1. The lowest BCUT2D eigenvalue weighted by Crippen LogP contribution is -2.44. The van der Waals surface area contributed by atoms with Crippen LogP contribution in [0.5, 0.6) is 0 Å². The van der Waals surface area contributed by atoms with Gasteiger partial charge in [-0.15, -0.1) is 0 Å². The zero-order valence-corrected chi connectivity index (χ0v) is 16.0. The Labute approximate surface area is 157 Å². The van der Waals surface area contributed by atoms with E-state index in [0.717, 1.165) is 5.69 Å². The molecule has 0 bridgehead atoms. The van der Waals surface area contributed by atoms with Crippen LogP contribution in [0.4, 0.5) is 10.1 Å². The average molecular weight is 395 g/mol. The molecule has 0 atom stereocenters. The maximum Gasteiger partial charge on any atom is 0.281 e. The number of hydrogen-bond donors (Lipinski definition) is 2. The summed E-state index contributed by atoms with van der Waals surface area (Å²) in [6.45, 7) is 0.807. The molecule has 0 aliphatic carbocycles. The molecule has 1 amide bonds. The van der Waals surface area contributed by atoms with E-state index in [4.69, 9.17) is 0 Å². The van der Waals surface area contributed by atoms with Gasteiger partial charge in [0.15, 0.2) is 5.69 Å². The molecule has 3 rings (SSSR count). The molecule has 0 saturated carbocycles. The predicted octanol–water partition coefficient (Wildman–Crippen LogP) is 1.79. The maximum atomic E-state index is 13.7. The third kappa shape index (κ3) is 4.18. The highest BCUT2D eigenvalue weighted by molar-refractivity contribution is 7.86. The molecule has 27 heavy (non-hydrogen) atoms. The fourth-order valence-corrected chi connectivity index (χ4v) is 4.17. The number of carbonyl (C=O) groups excluding carboxylic acids is 1. The zero-order chi connectivity index (χ0) is 19.6. The summed E-state index contributed by atoms with van der Waals surface area (Å²) in [5, 5.41) is 9.36. The monoisotopic (exact) mass is 395 g/mol. The van der Waals surface area contributed by atoms with Crippen molar-refractivity contribution in [3.05, 3.63) is 47.5 Å². The number of benzene rings is 1. The van der Waals surface area contributed by atoms with Gasteiger partial charge in [-0.05, 0) is 31.0 Å². The third-order valence-electron chi connectivity index (χ3n) is 4.63. The quantitative estimate of drug-likeness (QED) is 0.806. The van der Waals surface area contributed by atoms with Gasteiger partial charge in [-0.3, -0.25) is 9.89 Å². The molecule has 2 aromatic rings. The highest BCUT2D eigenvalue weighted by Gasteiger charge is 2.31. The summed E-state index contributed by atoms with van der Waals surface area (Å²) in [6.07, 6.45) is 1.26. The second-order valence-corrected chi connectivity index (χ2v) is 8.75. The number of aromatic amines is 1. The summed E-state index contributed by atoms with van der Waals surface area (Å²) in [7, 11) is -0.390. The van der Waals surface area contributed by atoms with Crippen LogP contribution in [-0.2, 0) is 10.2 Å². The second-order valence-electron chi connectivity index (χ2n) is 6.61. The fourth-order valence-electron chi connectivity index (χ4n) is 3.04. The molecule has 2 N–H and O–H groups in total. The van der Waals surface area contributed by atoms with Crippen LogP contribution < -0.4 is 5.32 Å². The number of rotatable bonds is 5. The number of H-pyrrole nitrogens is 1. The normalized spacial score (nSPS) is 16.6. The second kappa shape index (κ2) is 7.75. The van der Waals surface area contributed by atoms with Crippen LogP contribution in [0.15, 0.2) is 30.3 Å². The molecular formula is C17H22FN5O3S. The molecular weight excluding hydrogens is 373 g/mol. The lowest BCUT2D eigenvalue weighted by molar-refractivity contribution is 0.102. The van der Waals surface area contributed by atoms with Gasteiger partial charge < -0.3 is 5.32 Å². The van der Waals surface area contributed by atoms with Gasteiger partial charge in [-0.1, -0.05) is 12.1 Å². The van der Waals surface area contributed by atoms with Crippen LogP contribution in [0.25, 0.3) is 0 Å². The number of anilines is 1. The van der Waals surface area contributed by atoms with Crippen LogP contribution >= 0.6 is 0 Å². The molecule has 0 unspecified atom stereocenters. The smallest absolute Gasteiger partial charge is 0.281 e. The Balaban J connectivity index is 1.63. The minimum atomic E-state index is -3.41. The first kappa shape index (κ1) is 19.5. The number of hydrogen-bond acceptors (Lipinski definition) is 4. The van der Waals surface area contributed by atoms with E-state index in [0.29, 0.717) is 25.9 Å². The van der Waals surface area contributed by atoms with Crippen LogP contribution in [-0.4, -0.2) is 60.3 Å². The predicted molar refractivity (Wildman–Crippen MR) is 99.1 cm³/mol. The van der Waals surface area contributed by atoms with Crippen molar-refractivity contribution in [2.75, 3.05) is 32.5 Å². The lowest BCUT2D eigenvalue weighted by atomic mass is 9.94. The van der Waals surface area contributed by atoms with Crippen molar-refractivity contribution in [3.63, 3.8) is 0 Å². The summed E-state index contributed by atoms with van der Waals surface area (Å²) >= 11 is 0. The largest absolute Gasteiger partial charge is 0.318 e. The molecule has 1 aromatic carbocycles. The van der Waals surface area contributed by atoms with Crippen LogP contribution in [0.1, 0.15) is 34.9 Å². The van der Waals surface area contributed by atoms with Gasteiger partial charge in [0.1, 0.15) is 5.82 Å². The summed E-state index contributed by atoms with van der Waals surface area (Å²) in [5.74, 6) is -0.938. The van der Waals surface area contributed by atoms with Gasteiger partial charge >= 0.3 is 0 Å². The fraction of sp³-hybridized carbons (Fsp3) is 0.412. The van der Waals surface area contributed by atoms with E-state index < -0.39 is 21.9 Å². The number of nitrogens with one attached hydrogen (secondary N) is 2. The zero-order valence-electron chi connectivity index (χ0n) is 15.1. The van der Waals surface area contributed by atoms with E-state index in [1.807, 2.05) is 0 Å². The third-order valence-corrected chi connectivity index (χ3v) is 6.57. The molecule has 0 radical (unpaired) electrons. The first-order valence-electron chi connectivity index (χ1n) is 8.58. The SMILES string of the molecule is CN(C)S(=O)(=O)N1CCC(c2cc(C(=O)Nc3ccccc3F)n[nH]2)CC1. The minimum absolute atomic E-state index is 0.0844. The molecule has 8 nitrogen and oxygen atoms in total. The molecule has 1 fully saturated rings. The standard InChI is InChI=1S/C17H22FN5O3S/c1-22(2)27(25,26)23-9-7-12(8-10-23)15-11-16(21-20-15)17(24)19-14-6-4-3-5-13(14)18/h3-6,11-12H,7-10H2,1-2H3,(H,19,24)(H,20,21). The summed E-state index contributed by atoms with van der Waals surface area (Å²) in [4.78, 5) is 12.3. The number of aromatic nitrogens is 2. The van der Waals surface area contributed by atoms with Crippen LogP contribution in [0, 0.1) is 5.82 Å². The number of carbonyl (C=O) groups is 1. The van der Waals surface area contributed by atoms with E-state index in [1.165, 1.54) is 34.8 Å². The minimum Gasteiger partial charge on any atom is -0.318 e. The summed E-state index contributed by atoms with van der Waals surface area (Å²) in [6, 6.07) is 7.55. The Bertz CT molecular complexity index is 920. The van der Waals surface area contributed by atoms with Gasteiger partial charge in [0, 0.05) is 38.8 Å². The van der Waals surface area contributed by atoms with Crippen molar-refractivity contribution in [1.29, 1.82) is 0 Å². The van der Waals surface area contributed by atoms with Crippen LogP contribution in [0.3, 0.4) is 0 Å². The van der Waals surface area contributed by atoms with Crippen molar-refractivity contribution < 1.29 is 17.6 Å². The van der Waals surface area contributed by atoms with Gasteiger partial charge in [0.25, 0.3) is 16.1 Å². The van der Waals surface area contributed by atoms with E-state index in [-0.39, 0.29) is 17.3 Å². The summed E-state index contributed by atoms with van der Waals surface area (Å²) < 4.78 is 40.6. The number of amides is 1. The van der Waals surface area contributed by atoms with Crippen molar-refractivity contribution in [2.45, 2.75) is 18.8 Å². The molecule has 1 aliphatic heterocycles. The van der Waals surface area contributed by atoms with E-state index in [1.54, 1.807) is 18.2 Å². The average Bonchev–Trinajstić information content (AvgIpc) is 3.14. The Morgan fingerprint density at radius 1 is 1.30 bits per heavy atom. The van der Waals surface area contributed by atoms with Crippen molar-refractivity contribution in [1.82, 2.24) is 18.8 Å². The Hall–Kier alpha value is -2.30. The highest BCUT2D eigenvalue weighted by Crippen LogP contribution is 2.28. The van der Waals surface area contributed by atoms with Crippen molar-refractivity contribution in [2.24, 2.45) is 0 Å². The molecule has 10 heteroatoms. The first-order valence-corrected chi connectivity index (χ1v) is 9.97. The first-order chi connectivity index (χ1) is 12.8. The van der Waals surface area contributed by atoms with Crippen molar-refractivity contribution in [3.8, 4) is 0 Å².